The van der Waals surface area contributed by atoms with Crippen molar-refractivity contribution >= 4 is 17.2 Å². The smallest absolute Gasteiger partial charge is 0.127 e. The second-order valence-corrected chi connectivity index (χ2v) is 4.70. The summed E-state index contributed by atoms with van der Waals surface area (Å²) in [7, 11) is 0. The Labute approximate surface area is 112 Å². The van der Waals surface area contributed by atoms with Crippen molar-refractivity contribution < 1.29 is 4.74 Å². The van der Waals surface area contributed by atoms with Gasteiger partial charge in [-0.3, -0.25) is 0 Å². The van der Waals surface area contributed by atoms with E-state index in [9.17, 15) is 0 Å². The predicted molar refractivity (Wildman–Crippen MR) is 78.3 cm³/mol. The highest BCUT2D eigenvalue weighted by molar-refractivity contribution is 7.80. The van der Waals surface area contributed by atoms with Crippen molar-refractivity contribution in [3.8, 4) is 11.5 Å². The molecule has 0 aliphatic carbocycles. The van der Waals surface area contributed by atoms with Gasteiger partial charge in [0.15, 0.2) is 0 Å². The summed E-state index contributed by atoms with van der Waals surface area (Å²) >= 11 is 4.97. The second-order valence-electron chi connectivity index (χ2n) is 4.26. The van der Waals surface area contributed by atoms with Crippen LogP contribution in [0.5, 0.6) is 11.5 Å². The third kappa shape index (κ3) is 2.87. The number of hydrogen-bond acceptors (Lipinski definition) is 2. The Hall–Kier alpha value is -1.87. The Kier molecular flexibility index (Phi) is 3.63. The fourth-order valence-corrected chi connectivity index (χ4v) is 1.95. The summed E-state index contributed by atoms with van der Waals surface area (Å²) in [5.41, 5.74) is 8.75. The van der Waals surface area contributed by atoms with Crippen molar-refractivity contribution in [2.24, 2.45) is 5.73 Å². The van der Waals surface area contributed by atoms with Gasteiger partial charge in [-0.15, -0.1) is 0 Å². The molecule has 0 aliphatic heterocycles. The average molecular weight is 257 g/mol. The van der Waals surface area contributed by atoms with E-state index in [1.165, 1.54) is 5.56 Å². The van der Waals surface area contributed by atoms with Gasteiger partial charge in [0.05, 0.1) is 0 Å². The number of aryl methyl sites for hydroxylation is 2. The Balaban J connectivity index is 2.22. The van der Waals surface area contributed by atoms with Crippen LogP contribution < -0.4 is 10.5 Å². The lowest BCUT2D eigenvalue weighted by Crippen LogP contribution is -2.10. The van der Waals surface area contributed by atoms with Crippen molar-refractivity contribution in [1.82, 2.24) is 0 Å². The first kappa shape index (κ1) is 12.6. The average Bonchev–Trinajstić information content (AvgIpc) is 2.32. The van der Waals surface area contributed by atoms with Gasteiger partial charge >= 0.3 is 0 Å². The van der Waals surface area contributed by atoms with Gasteiger partial charge in [0, 0.05) is 5.56 Å². The largest absolute Gasteiger partial charge is 0.457 e. The third-order valence-electron chi connectivity index (χ3n) is 2.72. The number of thiocarbonyl (C=S) groups is 1. The molecule has 0 bridgehead atoms. The highest BCUT2D eigenvalue weighted by Gasteiger charge is 2.04. The highest BCUT2D eigenvalue weighted by Crippen LogP contribution is 2.24. The molecule has 2 aromatic rings. The zero-order valence-electron chi connectivity index (χ0n) is 10.4. The quantitative estimate of drug-likeness (QED) is 0.851. The zero-order chi connectivity index (χ0) is 13.1. The number of rotatable bonds is 3. The van der Waals surface area contributed by atoms with Gasteiger partial charge in [0.2, 0.25) is 0 Å². The van der Waals surface area contributed by atoms with Gasteiger partial charge in [-0.25, -0.2) is 0 Å². The molecule has 92 valence electrons. The van der Waals surface area contributed by atoms with Crippen LogP contribution in [-0.4, -0.2) is 4.99 Å². The maximum atomic E-state index is 5.76. The lowest BCUT2D eigenvalue weighted by atomic mass is 10.1. The second kappa shape index (κ2) is 5.19. The molecule has 0 amide bonds. The standard InChI is InChI=1S/C15H15NOS/c1-10-3-5-12(6-4-10)17-13-7-8-14(15(16)18)11(2)9-13/h3-9H,1-2H3,(H2,16,18). The number of hydrogen-bond donors (Lipinski definition) is 1. The summed E-state index contributed by atoms with van der Waals surface area (Å²) in [6.07, 6.45) is 0. The van der Waals surface area contributed by atoms with Crippen molar-refractivity contribution in [2.75, 3.05) is 0 Å². The molecule has 0 spiro atoms. The van der Waals surface area contributed by atoms with E-state index in [1.807, 2.05) is 56.3 Å². The molecule has 3 heteroatoms. The monoisotopic (exact) mass is 257 g/mol. The molecule has 0 atom stereocenters. The maximum Gasteiger partial charge on any atom is 0.127 e. The SMILES string of the molecule is Cc1ccc(Oc2ccc(C(N)=S)c(C)c2)cc1. The van der Waals surface area contributed by atoms with E-state index in [0.717, 1.165) is 22.6 Å². The molecular formula is C15H15NOS. The first-order chi connectivity index (χ1) is 8.56. The van der Waals surface area contributed by atoms with Crippen LogP contribution in [0, 0.1) is 13.8 Å². The predicted octanol–water partition coefficient (Wildman–Crippen LogP) is 3.73. The Morgan fingerprint density at radius 2 is 1.61 bits per heavy atom. The lowest BCUT2D eigenvalue weighted by Gasteiger charge is -2.09. The Bertz CT molecular complexity index is 576. The van der Waals surface area contributed by atoms with Crippen LogP contribution in [-0.2, 0) is 0 Å². The molecule has 0 aliphatic rings. The van der Waals surface area contributed by atoms with E-state index in [-0.39, 0.29) is 0 Å². The van der Waals surface area contributed by atoms with Crippen molar-refractivity contribution in [2.45, 2.75) is 13.8 Å². The molecule has 2 rings (SSSR count). The van der Waals surface area contributed by atoms with Crippen LogP contribution in [0.25, 0.3) is 0 Å². The number of nitrogens with two attached hydrogens (primary N) is 1. The molecule has 18 heavy (non-hydrogen) atoms. The van der Waals surface area contributed by atoms with Crippen molar-refractivity contribution in [3.05, 3.63) is 59.2 Å². The molecule has 0 unspecified atom stereocenters. The van der Waals surface area contributed by atoms with Crippen molar-refractivity contribution in [3.63, 3.8) is 0 Å². The lowest BCUT2D eigenvalue weighted by molar-refractivity contribution is 0.482. The minimum absolute atomic E-state index is 0.411. The number of benzene rings is 2. The Morgan fingerprint density at radius 3 is 2.17 bits per heavy atom. The van der Waals surface area contributed by atoms with Gasteiger partial charge in [-0.05, 0) is 49.7 Å². The topological polar surface area (TPSA) is 35.2 Å². The van der Waals surface area contributed by atoms with E-state index in [2.05, 4.69) is 0 Å². The van der Waals surface area contributed by atoms with Gasteiger partial charge in [-0.1, -0.05) is 29.9 Å². The fourth-order valence-electron chi connectivity index (χ4n) is 1.72. The summed E-state index contributed by atoms with van der Waals surface area (Å²) in [6.45, 7) is 4.02. The van der Waals surface area contributed by atoms with E-state index >= 15 is 0 Å². The normalized spacial score (nSPS) is 10.1. The van der Waals surface area contributed by atoms with Crippen LogP contribution in [0.3, 0.4) is 0 Å². The molecule has 0 saturated carbocycles. The van der Waals surface area contributed by atoms with Gasteiger partial charge < -0.3 is 10.5 Å². The minimum atomic E-state index is 0.411. The van der Waals surface area contributed by atoms with Crippen molar-refractivity contribution in [1.29, 1.82) is 0 Å². The van der Waals surface area contributed by atoms with Gasteiger partial charge in [-0.2, -0.15) is 0 Å². The molecule has 0 radical (unpaired) electrons. The van der Waals surface area contributed by atoms with Crippen LogP contribution in [0.1, 0.15) is 16.7 Å². The van der Waals surface area contributed by atoms with Crippen LogP contribution in [0.15, 0.2) is 42.5 Å². The molecular weight excluding hydrogens is 242 g/mol. The molecule has 0 aromatic heterocycles. The molecule has 0 fully saturated rings. The summed E-state index contributed by atoms with van der Waals surface area (Å²) in [5.74, 6) is 1.61. The maximum absolute atomic E-state index is 5.76. The summed E-state index contributed by atoms with van der Waals surface area (Å²) in [4.78, 5) is 0.411. The summed E-state index contributed by atoms with van der Waals surface area (Å²) in [5, 5.41) is 0. The highest BCUT2D eigenvalue weighted by atomic mass is 32.1. The van der Waals surface area contributed by atoms with Crippen LogP contribution in [0.4, 0.5) is 0 Å². The molecule has 2 aromatic carbocycles. The van der Waals surface area contributed by atoms with E-state index in [0.29, 0.717) is 4.99 Å². The summed E-state index contributed by atoms with van der Waals surface area (Å²) in [6, 6.07) is 13.6. The third-order valence-corrected chi connectivity index (χ3v) is 2.94. The van der Waals surface area contributed by atoms with Crippen LogP contribution >= 0.6 is 12.2 Å². The van der Waals surface area contributed by atoms with E-state index < -0.39 is 0 Å². The zero-order valence-corrected chi connectivity index (χ0v) is 11.3. The van der Waals surface area contributed by atoms with Gasteiger partial charge in [0.25, 0.3) is 0 Å². The molecule has 2 nitrogen and oxygen atoms in total. The molecule has 0 heterocycles. The molecule has 2 N–H and O–H groups in total. The van der Waals surface area contributed by atoms with Gasteiger partial charge in [0.1, 0.15) is 16.5 Å². The summed E-state index contributed by atoms with van der Waals surface area (Å²) < 4.78 is 5.76. The molecule has 0 saturated heterocycles. The fraction of sp³-hybridized carbons (Fsp3) is 0.133. The van der Waals surface area contributed by atoms with E-state index in [4.69, 9.17) is 22.7 Å². The Morgan fingerprint density at radius 1 is 1.00 bits per heavy atom. The first-order valence-corrected chi connectivity index (χ1v) is 6.12. The van der Waals surface area contributed by atoms with Crippen LogP contribution in [0.2, 0.25) is 0 Å². The first-order valence-electron chi connectivity index (χ1n) is 5.71. The number of ether oxygens (including phenoxy) is 1. The minimum Gasteiger partial charge on any atom is -0.457 e. The van der Waals surface area contributed by atoms with E-state index in [1.54, 1.807) is 0 Å².